The molecule has 0 aliphatic heterocycles. The van der Waals surface area contributed by atoms with Gasteiger partial charge in [-0.25, -0.2) is 4.79 Å². The van der Waals surface area contributed by atoms with E-state index in [4.69, 9.17) is 29.2 Å². The number of unbranched alkanes of at least 4 members (excludes halogenated alkanes) is 12. The summed E-state index contributed by atoms with van der Waals surface area (Å²) < 4.78 is 23.6. The fraction of sp³-hybridized carbons (Fsp3) is 0.805. The second-order valence-electron chi connectivity index (χ2n) is 14.1. The van der Waals surface area contributed by atoms with Crippen molar-refractivity contribution in [2.75, 3.05) is 79.5 Å². The molecule has 3 amide bonds. The molecule has 0 spiro atoms. The van der Waals surface area contributed by atoms with Crippen LogP contribution in [0.4, 0.5) is 0 Å². The van der Waals surface area contributed by atoms with Crippen molar-refractivity contribution in [3.8, 4) is 0 Å². The largest absolute Gasteiger partial charge is 0.481 e. The van der Waals surface area contributed by atoms with Crippen LogP contribution in [0, 0.1) is 0 Å². The van der Waals surface area contributed by atoms with Gasteiger partial charge in [-0.05, 0) is 52.0 Å². The van der Waals surface area contributed by atoms with E-state index in [1.807, 2.05) is 7.05 Å². The number of carboxylic acids is 2. The molecule has 17 nitrogen and oxygen atoms in total. The molecule has 2 atom stereocenters. The molecule has 19 heteroatoms. The minimum atomic E-state index is -0.990. The Bertz CT molecular complexity index is 1130. The zero-order chi connectivity index (χ0) is 44.9. The molecule has 0 saturated heterocycles. The predicted molar refractivity (Wildman–Crippen MR) is 238 cm³/mol. The number of hydrogen-bond donors (Lipinski definition) is 9. The Morgan fingerprint density at radius 2 is 1.07 bits per heavy atom. The number of carbonyl (C=O) groups excluding carboxylic acids is 4. The maximum Gasteiger partial charge on any atom is 0.326 e. The third-order valence-corrected chi connectivity index (χ3v) is 9.43. The first-order chi connectivity index (χ1) is 29.0. The summed E-state index contributed by atoms with van der Waals surface area (Å²) >= 11 is 7.64. The van der Waals surface area contributed by atoms with Crippen LogP contribution < -0.4 is 26.0 Å². The van der Waals surface area contributed by atoms with Crippen molar-refractivity contribution in [1.29, 1.82) is 0 Å². The first kappa shape index (κ1) is 59.3. The number of thiol groups is 2. The fourth-order valence-electron chi connectivity index (χ4n) is 5.39. The maximum absolute atomic E-state index is 11.8. The van der Waals surface area contributed by atoms with Gasteiger partial charge >= 0.3 is 11.9 Å². The predicted octanol–water partition coefficient (Wildman–Crippen LogP) is 4.00. The molecule has 0 radical (unpaired) electrons. The number of nitrogens with one attached hydrogen (secondary N) is 5. The van der Waals surface area contributed by atoms with Crippen molar-refractivity contribution in [2.24, 2.45) is 0 Å². The highest BCUT2D eigenvalue weighted by Crippen LogP contribution is 2.13. The molecule has 0 rings (SSSR count). The summed E-state index contributed by atoms with van der Waals surface area (Å²) in [7, 11) is 1.85. The molecular weight excluding hydrogens is 819 g/mol. The Kier molecular flexibility index (Phi) is 45.2. The van der Waals surface area contributed by atoms with Crippen LogP contribution in [0.1, 0.15) is 122 Å². The Balaban J connectivity index is 0. The summed E-state index contributed by atoms with van der Waals surface area (Å²) in [5.41, 5.74) is 0. The Morgan fingerprint density at radius 3 is 1.53 bits per heavy atom. The number of carboxylic acid groups (broad SMARTS) is 2. The molecule has 60 heavy (non-hydrogen) atoms. The monoisotopic (exact) mass is 896 g/mol. The number of allylic oxidation sites excluding steroid dienone is 1. The van der Waals surface area contributed by atoms with E-state index >= 15 is 0 Å². The lowest BCUT2D eigenvalue weighted by Crippen LogP contribution is -2.40. The summed E-state index contributed by atoms with van der Waals surface area (Å²) in [6, 6.07) is -1.21. The van der Waals surface area contributed by atoms with Gasteiger partial charge in [0.15, 0.2) is 0 Å². The van der Waals surface area contributed by atoms with E-state index in [9.17, 15) is 28.8 Å². The van der Waals surface area contributed by atoms with E-state index < -0.39 is 18.0 Å². The Labute approximate surface area is 369 Å². The number of likely N-dealkylation sites (N-methyl/N-ethyl adjacent to an activating group) is 1. The highest BCUT2D eigenvalue weighted by Gasteiger charge is 2.18. The van der Waals surface area contributed by atoms with Gasteiger partial charge in [-0.3, -0.25) is 28.7 Å². The Morgan fingerprint density at radius 1 is 0.583 bits per heavy atom. The van der Waals surface area contributed by atoms with Crippen LogP contribution in [0.5, 0.6) is 0 Å². The van der Waals surface area contributed by atoms with E-state index in [2.05, 4.69) is 58.0 Å². The van der Waals surface area contributed by atoms with Crippen molar-refractivity contribution in [1.82, 2.24) is 26.0 Å². The first-order valence-electron chi connectivity index (χ1n) is 21.4. The lowest BCUT2D eigenvalue weighted by molar-refractivity contribution is -0.142. The lowest BCUT2D eigenvalue weighted by atomic mass is 10.0. The number of ether oxygens (including phenoxy) is 4. The van der Waals surface area contributed by atoms with Crippen LogP contribution in [0.25, 0.3) is 0 Å². The Hall–Kier alpha value is -2.78. The van der Waals surface area contributed by atoms with Crippen molar-refractivity contribution in [3.63, 3.8) is 0 Å². The molecule has 0 aromatic rings. The molecule has 0 bridgehead atoms. The van der Waals surface area contributed by atoms with Crippen LogP contribution in [0.3, 0.4) is 0 Å². The standard InChI is InChI=1S/C22H39NO5.C19H38N4O7S2/c1-2-3-16-19(22(27)28)23-20(24)17-14-12-10-8-6-4-5-7-9-11-13-15-18-21(25)26;1-20-6-8-27-10-12-30-15-18(25)22-7-9-28-11-13-29-14-17(24)21-5-3-2-4-16(23-32)19(26)31/h2,19H,1,3-18H2,(H,23,24)(H,25,26)(H,27,28);16,20,23,32H,2-15H2,1H3,(H,21,24)(H,22,25)(H,26,31). The third kappa shape index (κ3) is 44.8. The van der Waals surface area contributed by atoms with Gasteiger partial charge in [0, 0.05) is 32.5 Å². The zero-order valence-electron chi connectivity index (χ0n) is 36.0. The highest BCUT2D eigenvalue weighted by atomic mass is 32.1. The molecule has 2 unspecified atom stereocenters. The average molecular weight is 896 g/mol. The van der Waals surface area contributed by atoms with Gasteiger partial charge in [-0.1, -0.05) is 83.1 Å². The number of carbonyl (C=O) groups is 6. The highest BCUT2D eigenvalue weighted by molar-refractivity contribution is 7.96. The van der Waals surface area contributed by atoms with Gasteiger partial charge in [0.25, 0.3) is 0 Å². The summed E-state index contributed by atoms with van der Waals surface area (Å²) in [5, 5.41) is 28.4. The summed E-state index contributed by atoms with van der Waals surface area (Å²) in [5.74, 6) is -2.30. The van der Waals surface area contributed by atoms with Gasteiger partial charge in [0.1, 0.15) is 19.3 Å². The van der Waals surface area contributed by atoms with Crippen molar-refractivity contribution in [2.45, 2.75) is 134 Å². The van der Waals surface area contributed by atoms with Crippen LogP contribution in [-0.4, -0.2) is 137 Å². The van der Waals surface area contributed by atoms with Gasteiger partial charge < -0.3 is 50.4 Å². The van der Waals surface area contributed by atoms with Gasteiger partial charge in [-0.15, -0.1) is 19.2 Å². The van der Waals surface area contributed by atoms with Crippen molar-refractivity contribution in [3.05, 3.63) is 12.7 Å². The average Bonchev–Trinajstić information content (AvgIpc) is 3.21. The number of amides is 3. The van der Waals surface area contributed by atoms with E-state index in [1.54, 1.807) is 6.08 Å². The second-order valence-corrected chi connectivity index (χ2v) is 14.8. The van der Waals surface area contributed by atoms with E-state index in [0.29, 0.717) is 71.8 Å². The number of aliphatic carboxylic acids is 2. The minimum Gasteiger partial charge on any atom is -0.481 e. The van der Waals surface area contributed by atoms with E-state index in [1.165, 1.54) is 38.5 Å². The molecular formula is C41H77N5O12S2. The summed E-state index contributed by atoms with van der Waals surface area (Å²) in [6.07, 6.45) is 18.5. The second kappa shape index (κ2) is 45.7. The first-order valence-corrected chi connectivity index (χ1v) is 22.3. The number of hydrogen-bond acceptors (Lipinski definition) is 13. The quantitative estimate of drug-likeness (QED) is 0.0239. The molecule has 0 aliphatic carbocycles. The lowest BCUT2D eigenvalue weighted by Gasteiger charge is -2.13. The fourth-order valence-corrected chi connectivity index (χ4v) is 5.93. The minimum absolute atomic E-state index is 0.0203. The molecule has 0 saturated carbocycles. The molecule has 350 valence electrons. The molecule has 0 fully saturated rings. The number of rotatable bonds is 43. The van der Waals surface area contributed by atoms with Crippen molar-refractivity contribution >= 4 is 60.2 Å². The zero-order valence-corrected chi connectivity index (χ0v) is 37.8. The molecule has 0 aromatic heterocycles. The van der Waals surface area contributed by atoms with Gasteiger partial charge in [-0.2, -0.15) is 0 Å². The van der Waals surface area contributed by atoms with Crippen LogP contribution in [-0.2, 0) is 47.7 Å². The SMILES string of the molecule is C=CCCC(NC(=O)CCCCCCCCCCCCCCC(=O)O)C(=O)O.CNCCOCCOCC(=O)NCCOCCOCC(=O)NCCCCC(NS)C(=O)S. The van der Waals surface area contributed by atoms with E-state index in [-0.39, 0.29) is 55.1 Å². The summed E-state index contributed by atoms with van der Waals surface area (Å²) in [4.78, 5) is 67.6. The van der Waals surface area contributed by atoms with Crippen LogP contribution >= 0.6 is 25.4 Å². The van der Waals surface area contributed by atoms with Gasteiger partial charge in [0.05, 0.1) is 45.7 Å². The molecule has 0 aromatic carbocycles. The van der Waals surface area contributed by atoms with Gasteiger partial charge in [0.2, 0.25) is 22.8 Å². The topological polar surface area (TPSA) is 240 Å². The van der Waals surface area contributed by atoms with Crippen molar-refractivity contribution < 1.29 is 57.9 Å². The molecule has 0 heterocycles. The maximum atomic E-state index is 11.8. The summed E-state index contributed by atoms with van der Waals surface area (Å²) in [6.45, 7) is 7.49. The van der Waals surface area contributed by atoms with Crippen LogP contribution in [0.15, 0.2) is 12.7 Å². The molecule has 7 N–H and O–H groups in total. The third-order valence-electron chi connectivity index (χ3n) is 8.81. The van der Waals surface area contributed by atoms with E-state index in [0.717, 1.165) is 57.9 Å². The molecule has 0 aliphatic rings. The normalized spacial score (nSPS) is 11.8. The van der Waals surface area contributed by atoms with Crippen LogP contribution in [0.2, 0.25) is 0 Å². The smallest absolute Gasteiger partial charge is 0.326 e.